The van der Waals surface area contributed by atoms with Crippen molar-refractivity contribution in [1.82, 2.24) is 15.2 Å². The minimum absolute atomic E-state index is 0.171. The van der Waals surface area contributed by atoms with E-state index >= 15 is 0 Å². The average Bonchev–Trinajstić information content (AvgIpc) is 2.46. The first-order valence-electron chi connectivity index (χ1n) is 8.00. The van der Waals surface area contributed by atoms with Gasteiger partial charge in [-0.2, -0.15) is 0 Å². The van der Waals surface area contributed by atoms with E-state index in [9.17, 15) is 4.79 Å². The first-order valence-corrected chi connectivity index (χ1v) is 8.00. The molecule has 1 N–H and O–H groups in total. The van der Waals surface area contributed by atoms with E-state index in [2.05, 4.69) is 17.2 Å². The van der Waals surface area contributed by atoms with Crippen LogP contribution in [0, 0.1) is 0 Å². The Morgan fingerprint density at radius 2 is 2.23 bits per heavy atom. The number of nitrogens with zero attached hydrogens (tertiary/aromatic N) is 2. The summed E-state index contributed by atoms with van der Waals surface area (Å²) in [4.78, 5) is 18.4. The van der Waals surface area contributed by atoms with Crippen LogP contribution in [0.25, 0.3) is 0 Å². The number of pyridine rings is 1. The van der Waals surface area contributed by atoms with Crippen LogP contribution >= 0.6 is 0 Å². The largest absolute Gasteiger partial charge is 0.444 e. The Balaban J connectivity index is 1.89. The standard InChI is InChI=1S/C17H27N3O2/c1-13(15-9-5-6-10-18-15)19-14-8-7-11-20(12-14)16(21)22-17(2,3)4/h5-6,9-10,13-14,19H,7-8,11-12H2,1-4H3. The van der Waals surface area contributed by atoms with E-state index in [4.69, 9.17) is 4.74 Å². The highest BCUT2D eigenvalue weighted by atomic mass is 16.6. The number of carbonyl (C=O) groups excluding carboxylic acids is 1. The fourth-order valence-corrected chi connectivity index (χ4v) is 2.68. The van der Waals surface area contributed by atoms with Gasteiger partial charge in [-0.15, -0.1) is 0 Å². The summed E-state index contributed by atoms with van der Waals surface area (Å²) in [5.41, 5.74) is 0.579. The van der Waals surface area contributed by atoms with E-state index in [-0.39, 0.29) is 18.2 Å². The molecule has 1 fully saturated rings. The molecule has 0 spiro atoms. The van der Waals surface area contributed by atoms with E-state index in [1.807, 2.05) is 39.0 Å². The molecular weight excluding hydrogens is 278 g/mol. The van der Waals surface area contributed by atoms with E-state index in [1.165, 1.54) is 0 Å². The van der Waals surface area contributed by atoms with Crippen LogP contribution in [0.2, 0.25) is 0 Å². The summed E-state index contributed by atoms with van der Waals surface area (Å²) in [7, 11) is 0. The van der Waals surface area contributed by atoms with Crippen molar-refractivity contribution in [3.63, 3.8) is 0 Å². The quantitative estimate of drug-likeness (QED) is 0.932. The van der Waals surface area contributed by atoms with Gasteiger partial charge in [-0.3, -0.25) is 4.98 Å². The lowest BCUT2D eigenvalue weighted by Gasteiger charge is -2.35. The number of carbonyl (C=O) groups is 1. The van der Waals surface area contributed by atoms with Crippen molar-refractivity contribution < 1.29 is 9.53 Å². The molecule has 0 radical (unpaired) electrons. The van der Waals surface area contributed by atoms with Gasteiger partial charge in [0, 0.05) is 31.4 Å². The predicted octanol–water partition coefficient (Wildman–Crippen LogP) is 3.13. The third-order valence-corrected chi connectivity index (χ3v) is 3.69. The summed E-state index contributed by atoms with van der Waals surface area (Å²) < 4.78 is 5.46. The van der Waals surface area contributed by atoms with Crippen molar-refractivity contribution in [2.45, 2.75) is 58.2 Å². The lowest BCUT2D eigenvalue weighted by Crippen LogP contribution is -2.49. The number of rotatable bonds is 3. The molecule has 1 aliphatic rings. The van der Waals surface area contributed by atoms with Gasteiger partial charge in [-0.05, 0) is 52.7 Å². The second-order valence-corrected chi connectivity index (χ2v) is 6.91. The first-order chi connectivity index (χ1) is 10.3. The maximum Gasteiger partial charge on any atom is 0.410 e. The van der Waals surface area contributed by atoms with Gasteiger partial charge in [0.05, 0.1) is 5.69 Å². The Morgan fingerprint density at radius 1 is 1.45 bits per heavy atom. The van der Waals surface area contributed by atoms with Crippen LogP contribution in [-0.2, 0) is 4.74 Å². The Bertz CT molecular complexity index is 484. The molecular formula is C17H27N3O2. The first kappa shape index (κ1) is 16.7. The van der Waals surface area contributed by atoms with E-state index in [0.717, 1.165) is 25.1 Å². The number of piperidine rings is 1. The van der Waals surface area contributed by atoms with Crippen LogP contribution in [-0.4, -0.2) is 40.7 Å². The van der Waals surface area contributed by atoms with Gasteiger partial charge in [0.2, 0.25) is 0 Å². The molecule has 1 amide bonds. The molecule has 1 saturated heterocycles. The van der Waals surface area contributed by atoms with Crippen molar-refractivity contribution in [2.75, 3.05) is 13.1 Å². The van der Waals surface area contributed by atoms with Crippen molar-refractivity contribution >= 4 is 6.09 Å². The summed E-state index contributed by atoms with van der Waals surface area (Å²) in [5, 5.41) is 3.57. The highest BCUT2D eigenvalue weighted by molar-refractivity contribution is 5.68. The van der Waals surface area contributed by atoms with E-state index in [0.29, 0.717) is 6.54 Å². The molecule has 0 aliphatic carbocycles. The maximum atomic E-state index is 12.2. The number of hydrogen-bond acceptors (Lipinski definition) is 4. The Labute approximate surface area is 133 Å². The van der Waals surface area contributed by atoms with Crippen LogP contribution in [0.4, 0.5) is 4.79 Å². The molecule has 1 aliphatic heterocycles. The lowest BCUT2D eigenvalue weighted by molar-refractivity contribution is 0.0183. The van der Waals surface area contributed by atoms with Crippen molar-refractivity contribution in [3.05, 3.63) is 30.1 Å². The van der Waals surface area contributed by atoms with Crippen LogP contribution in [0.5, 0.6) is 0 Å². The highest BCUT2D eigenvalue weighted by Crippen LogP contribution is 2.18. The summed E-state index contributed by atoms with van der Waals surface area (Å²) in [6.07, 6.45) is 3.65. The van der Waals surface area contributed by atoms with E-state index < -0.39 is 5.60 Å². The Morgan fingerprint density at radius 3 is 2.86 bits per heavy atom. The van der Waals surface area contributed by atoms with Crippen LogP contribution in [0.3, 0.4) is 0 Å². The maximum absolute atomic E-state index is 12.2. The van der Waals surface area contributed by atoms with Crippen LogP contribution < -0.4 is 5.32 Å². The third-order valence-electron chi connectivity index (χ3n) is 3.69. The molecule has 2 rings (SSSR count). The van der Waals surface area contributed by atoms with Gasteiger partial charge in [-0.1, -0.05) is 6.07 Å². The molecule has 2 heterocycles. The van der Waals surface area contributed by atoms with Gasteiger partial charge >= 0.3 is 6.09 Å². The summed E-state index contributed by atoms with van der Waals surface area (Å²) in [5.74, 6) is 0. The molecule has 5 nitrogen and oxygen atoms in total. The molecule has 122 valence electrons. The molecule has 0 bridgehead atoms. The second-order valence-electron chi connectivity index (χ2n) is 6.91. The molecule has 2 atom stereocenters. The Hall–Kier alpha value is -1.62. The van der Waals surface area contributed by atoms with E-state index in [1.54, 1.807) is 11.1 Å². The number of nitrogens with one attached hydrogen (secondary N) is 1. The fourth-order valence-electron chi connectivity index (χ4n) is 2.68. The minimum Gasteiger partial charge on any atom is -0.444 e. The summed E-state index contributed by atoms with van der Waals surface area (Å²) in [6.45, 7) is 9.25. The van der Waals surface area contributed by atoms with Crippen molar-refractivity contribution in [3.8, 4) is 0 Å². The number of likely N-dealkylation sites (tertiary alicyclic amines) is 1. The molecule has 2 unspecified atom stereocenters. The van der Waals surface area contributed by atoms with Gasteiger partial charge in [0.25, 0.3) is 0 Å². The number of aromatic nitrogens is 1. The average molecular weight is 305 g/mol. The fraction of sp³-hybridized carbons (Fsp3) is 0.647. The summed E-state index contributed by atoms with van der Waals surface area (Å²) >= 11 is 0. The lowest BCUT2D eigenvalue weighted by atomic mass is 10.0. The number of hydrogen-bond donors (Lipinski definition) is 1. The van der Waals surface area contributed by atoms with Crippen molar-refractivity contribution in [1.29, 1.82) is 0 Å². The normalized spacial score (nSPS) is 20.5. The van der Waals surface area contributed by atoms with Gasteiger partial charge in [0.15, 0.2) is 0 Å². The Kier molecular flexibility index (Phi) is 5.40. The topological polar surface area (TPSA) is 54.5 Å². The zero-order valence-electron chi connectivity index (χ0n) is 14.0. The monoisotopic (exact) mass is 305 g/mol. The molecule has 1 aromatic heterocycles. The van der Waals surface area contributed by atoms with Gasteiger partial charge < -0.3 is 15.0 Å². The molecule has 0 saturated carbocycles. The zero-order chi connectivity index (χ0) is 16.2. The highest BCUT2D eigenvalue weighted by Gasteiger charge is 2.28. The SMILES string of the molecule is CC(NC1CCCN(C(=O)OC(C)(C)C)C1)c1ccccn1. The third kappa shape index (κ3) is 4.98. The molecule has 0 aromatic carbocycles. The number of amides is 1. The predicted molar refractivity (Wildman–Crippen MR) is 86.6 cm³/mol. The van der Waals surface area contributed by atoms with Gasteiger partial charge in [-0.25, -0.2) is 4.79 Å². The van der Waals surface area contributed by atoms with Crippen LogP contribution in [0.15, 0.2) is 24.4 Å². The van der Waals surface area contributed by atoms with Crippen LogP contribution in [0.1, 0.15) is 52.3 Å². The summed E-state index contributed by atoms with van der Waals surface area (Å²) in [6, 6.07) is 6.38. The minimum atomic E-state index is -0.446. The molecule has 5 heteroatoms. The molecule has 22 heavy (non-hydrogen) atoms. The smallest absolute Gasteiger partial charge is 0.410 e. The molecule has 1 aromatic rings. The second kappa shape index (κ2) is 7.09. The zero-order valence-corrected chi connectivity index (χ0v) is 14.0. The van der Waals surface area contributed by atoms with Gasteiger partial charge in [0.1, 0.15) is 5.60 Å². The van der Waals surface area contributed by atoms with Crippen molar-refractivity contribution in [2.24, 2.45) is 0 Å². The number of ether oxygens (including phenoxy) is 1.